The maximum Gasteiger partial charge on any atom is 0.131 e. The zero-order valence-corrected chi connectivity index (χ0v) is 18.7. The molecular weight excluding hydrogens is 383 g/mol. The molecule has 1 aliphatic rings. The van der Waals surface area contributed by atoms with E-state index in [0.717, 1.165) is 23.3 Å². The Balaban J connectivity index is 1.46. The first-order valence-electron chi connectivity index (χ1n) is 11.7. The van der Waals surface area contributed by atoms with Gasteiger partial charge in [0.1, 0.15) is 5.82 Å². The second-order valence-electron chi connectivity index (χ2n) is 8.75. The third-order valence-electron chi connectivity index (χ3n) is 6.70. The lowest BCUT2D eigenvalue weighted by atomic mass is 9.78. The fourth-order valence-electron chi connectivity index (χ4n) is 4.99. The highest BCUT2D eigenvalue weighted by molar-refractivity contribution is 5.83. The highest BCUT2D eigenvalue weighted by atomic mass is 19.1. The normalized spacial score (nSPS) is 20.4. The molecule has 0 radical (unpaired) electrons. The molecule has 31 heavy (non-hydrogen) atoms. The van der Waals surface area contributed by atoms with Gasteiger partial charge in [0.2, 0.25) is 0 Å². The number of hydrogen-bond acceptors (Lipinski definition) is 1. The van der Waals surface area contributed by atoms with Crippen molar-refractivity contribution in [2.24, 2.45) is 5.92 Å². The summed E-state index contributed by atoms with van der Waals surface area (Å²) in [5.41, 5.74) is 3.85. The van der Waals surface area contributed by atoms with E-state index in [4.69, 9.17) is 4.74 Å². The molecule has 0 N–H and O–H groups in total. The van der Waals surface area contributed by atoms with Crippen LogP contribution in [0.1, 0.15) is 68.2 Å². The number of hydrogen-bond donors (Lipinski definition) is 0. The van der Waals surface area contributed by atoms with Crippen LogP contribution in [0, 0.1) is 11.7 Å². The number of rotatable bonds is 7. The summed E-state index contributed by atoms with van der Waals surface area (Å²) < 4.78 is 20.1. The lowest BCUT2D eigenvalue weighted by Crippen LogP contribution is -2.12. The molecule has 0 aromatic heterocycles. The number of fused-ring (bicyclic) bond motifs is 1. The Morgan fingerprint density at radius 3 is 2.48 bits per heavy atom. The van der Waals surface area contributed by atoms with Gasteiger partial charge in [0.25, 0.3) is 0 Å². The molecule has 4 rings (SSSR count). The quantitative estimate of drug-likeness (QED) is 0.353. The van der Waals surface area contributed by atoms with Crippen molar-refractivity contribution in [3.8, 4) is 0 Å². The third-order valence-corrected chi connectivity index (χ3v) is 6.70. The van der Waals surface area contributed by atoms with Gasteiger partial charge in [-0.3, -0.25) is 0 Å². The maximum atomic E-state index is 14.0. The van der Waals surface area contributed by atoms with Gasteiger partial charge in [-0.05, 0) is 85.6 Å². The largest absolute Gasteiger partial charge is 0.373 e. The van der Waals surface area contributed by atoms with Crippen LogP contribution in [0.25, 0.3) is 10.8 Å². The third kappa shape index (κ3) is 5.25. The number of halogens is 1. The van der Waals surface area contributed by atoms with Gasteiger partial charge in [0.15, 0.2) is 0 Å². The van der Waals surface area contributed by atoms with Gasteiger partial charge < -0.3 is 4.74 Å². The SMILES string of the molecule is C/C=C/C1CCC(c2ccc(CC(OCC)c3ccc4c(F)cccc4c3)cc2)CC1. The first kappa shape index (κ1) is 21.8. The lowest BCUT2D eigenvalue weighted by Gasteiger charge is -2.27. The molecular formula is C29H33FO. The van der Waals surface area contributed by atoms with E-state index in [1.54, 1.807) is 6.07 Å². The van der Waals surface area contributed by atoms with Crippen LogP contribution in [0.5, 0.6) is 0 Å². The van der Waals surface area contributed by atoms with E-state index in [-0.39, 0.29) is 11.9 Å². The van der Waals surface area contributed by atoms with E-state index in [2.05, 4.69) is 49.4 Å². The van der Waals surface area contributed by atoms with Crippen molar-refractivity contribution in [1.82, 2.24) is 0 Å². The van der Waals surface area contributed by atoms with Gasteiger partial charge >= 0.3 is 0 Å². The smallest absolute Gasteiger partial charge is 0.131 e. The van der Waals surface area contributed by atoms with Crippen molar-refractivity contribution in [3.05, 3.63) is 95.3 Å². The molecule has 0 spiro atoms. The van der Waals surface area contributed by atoms with Crippen molar-refractivity contribution >= 4 is 10.8 Å². The molecule has 0 saturated heterocycles. The second kappa shape index (κ2) is 10.2. The van der Waals surface area contributed by atoms with Crippen LogP contribution in [0.4, 0.5) is 4.39 Å². The minimum Gasteiger partial charge on any atom is -0.373 e. The number of benzene rings is 3. The number of allylic oxidation sites excluding steroid dienone is 2. The Morgan fingerprint density at radius 1 is 1.00 bits per heavy atom. The monoisotopic (exact) mass is 416 g/mol. The lowest BCUT2D eigenvalue weighted by molar-refractivity contribution is 0.0629. The van der Waals surface area contributed by atoms with Gasteiger partial charge in [0.05, 0.1) is 6.10 Å². The average Bonchev–Trinajstić information content (AvgIpc) is 2.80. The Kier molecular flexibility index (Phi) is 7.19. The Hall–Kier alpha value is -2.45. The van der Waals surface area contributed by atoms with Gasteiger partial charge in [-0.15, -0.1) is 0 Å². The van der Waals surface area contributed by atoms with Crippen molar-refractivity contribution in [2.45, 2.75) is 58.0 Å². The van der Waals surface area contributed by atoms with Gasteiger partial charge in [0, 0.05) is 18.4 Å². The molecule has 1 aliphatic carbocycles. The molecule has 1 fully saturated rings. The summed E-state index contributed by atoms with van der Waals surface area (Å²) in [7, 11) is 0. The first-order chi connectivity index (χ1) is 15.2. The molecule has 0 heterocycles. The molecule has 1 saturated carbocycles. The predicted molar refractivity (Wildman–Crippen MR) is 128 cm³/mol. The molecule has 3 aromatic rings. The fraction of sp³-hybridized carbons (Fsp3) is 0.379. The Bertz CT molecular complexity index is 1010. The van der Waals surface area contributed by atoms with Gasteiger partial charge in [-0.1, -0.05) is 60.7 Å². The van der Waals surface area contributed by atoms with Crippen molar-refractivity contribution in [3.63, 3.8) is 0 Å². The van der Waals surface area contributed by atoms with E-state index in [0.29, 0.717) is 17.9 Å². The number of ether oxygens (including phenoxy) is 1. The molecule has 0 bridgehead atoms. The van der Waals surface area contributed by atoms with Crippen molar-refractivity contribution in [1.29, 1.82) is 0 Å². The second-order valence-corrected chi connectivity index (χ2v) is 8.75. The van der Waals surface area contributed by atoms with Crippen LogP contribution in [0.3, 0.4) is 0 Å². The van der Waals surface area contributed by atoms with Crippen LogP contribution in [-0.2, 0) is 11.2 Å². The summed E-state index contributed by atoms with van der Waals surface area (Å²) in [4.78, 5) is 0. The Labute approximate surface area is 185 Å². The zero-order valence-electron chi connectivity index (χ0n) is 18.7. The molecule has 1 nitrogen and oxygen atoms in total. The van der Waals surface area contributed by atoms with Crippen LogP contribution in [0.15, 0.2) is 72.8 Å². The molecule has 0 amide bonds. The van der Waals surface area contributed by atoms with Crippen LogP contribution in [-0.4, -0.2) is 6.61 Å². The highest BCUT2D eigenvalue weighted by Crippen LogP contribution is 2.36. The summed E-state index contributed by atoms with van der Waals surface area (Å²) in [6.07, 6.45) is 10.5. The Morgan fingerprint density at radius 2 is 1.77 bits per heavy atom. The standard InChI is InChI=1S/C29H33FO/c1-3-6-21-9-13-23(14-10-21)24-15-11-22(12-16-24)19-29(31-4-2)26-17-18-27-25(20-26)7-5-8-28(27)30/h3,5-8,11-12,15-18,20-21,23,29H,4,9-10,13-14,19H2,1-2H3/b6-3+. The summed E-state index contributed by atoms with van der Waals surface area (Å²) >= 11 is 0. The minimum absolute atomic E-state index is 0.0280. The minimum atomic E-state index is -0.174. The summed E-state index contributed by atoms with van der Waals surface area (Å²) in [5, 5.41) is 1.58. The van der Waals surface area contributed by atoms with Crippen molar-refractivity contribution in [2.75, 3.05) is 6.61 Å². The molecule has 3 aromatic carbocycles. The molecule has 0 aliphatic heterocycles. The summed E-state index contributed by atoms with van der Waals surface area (Å²) in [5.74, 6) is 1.28. The maximum absolute atomic E-state index is 14.0. The topological polar surface area (TPSA) is 9.23 Å². The summed E-state index contributed by atoms with van der Waals surface area (Å²) in [6, 6.07) is 20.3. The highest BCUT2D eigenvalue weighted by Gasteiger charge is 2.21. The van der Waals surface area contributed by atoms with E-state index in [1.165, 1.54) is 42.9 Å². The molecule has 1 unspecified atom stereocenters. The van der Waals surface area contributed by atoms with Crippen LogP contribution >= 0.6 is 0 Å². The van der Waals surface area contributed by atoms with Crippen LogP contribution in [0.2, 0.25) is 0 Å². The first-order valence-corrected chi connectivity index (χ1v) is 11.7. The van der Waals surface area contributed by atoms with E-state index < -0.39 is 0 Å². The van der Waals surface area contributed by atoms with Gasteiger partial charge in [-0.25, -0.2) is 4.39 Å². The molecule has 1 atom stereocenters. The molecule has 2 heteroatoms. The van der Waals surface area contributed by atoms with E-state index >= 15 is 0 Å². The van der Waals surface area contributed by atoms with Gasteiger partial charge in [-0.2, -0.15) is 0 Å². The average molecular weight is 417 g/mol. The summed E-state index contributed by atoms with van der Waals surface area (Å²) in [6.45, 7) is 4.80. The molecule has 162 valence electrons. The van der Waals surface area contributed by atoms with E-state index in [9.17, 15) is 4.39 Å². The zero-order chi connectivity index (χ0) is 21.6. The van der Waals surface area contributed by atoms with Crippen LogP contribution < -0.4 is 0 Å². The predicted octanol–water partition coefficient (Wildman–Crippen LogP) is 8.15. The fourth-order valence-corrected chi connectivity index (χ4v) is 4.99. The van der Waals surface area contributed by atoms with E-state index in [1.807, 2.05) is 25.1 Å². The van der Waals surface area contributed by atoms with Crippen molar-refractivity contribution < 1.29 is 9.13 Å².